The fourth-order valence-electron chi connectivity index (χ4n) is 3.32. The minimum Gasteiger partial charge on any atom is -0.394 e. The molecule has 18 heavy (non-hydrogen) atoms. The first kappa shape index (κ1) is 14.3. The van der Waals surface area contributed by atoms with Crippen LogP contribution in [0, 0.1) is 0 Å². The van der Waals surface area contributed by atoms with Crippen LogP contribution < -0.4 is 5.32 Å². The van der Waals surface area contributed by atoms with Crippen molar-refractivity contribution in [2.24, 2.45) is 0 Å². The van der Waals surface area contributed by atoms with E-state index < -0.39 is 0 Å². The summed E-state index contributed by atoms with van der Waals surface area (Å²) in [6, 6.07) is 0.628. The van der Waals surface area contributed by atoms with E-state index in [1.165, 1.54) is 19.3 Å². The Kier molecular flexibility index (Phi) is 5.01. The summed E-state index contributed by atoms with van der Waals surface area (Å²) in [5, 5.41) is 12.9. The maximum absolute atomic E-state index is 9.53. The third-order valence-corrected chi connectivity index (χ3v) is 4.50. The molecule has 3 atom stereocenters. The van der Waals surface area contributed by atoms with Crippen LogP contribution in [0.4, 0.5) is 0 Å². The normalized spacial score (nSPS) is 32.2. The van der Waals surface area contributed by atoms with E-state index in [9.17, 15) is 5.11 Å². The third-order valence-electron chi connectivity index (χ3n) is 4.50. The summed E-state index contributed by atoms with van der Waals surface area (Å²) < 4.78 is 5.83. The number of morpholine rings is 1. The quantitative estimate of drug-likeness (QED) is 0.744. The predicted octanol–water partition coefficient (Wildman–Crippen LogP) is 0.990. The van der Waals surface area contributed by atoms with Gasteiger partial charge in [-0.3, -0.25) is 4.90 Å². The van der Waals surface area contributed by atoms with Crippen LogP contribution in [0.5, 0.6) is 0 Å². The Bertz CT molecular complexity index is 262. The van der Waals surface area contributed by atoms with Crippen molar-refractivity contribution in [1.29, 1.82) is 0 Å². The minimum atomic E-state index is -0.138. The topological polar surface area (TPSA) is 44.7 Å². The molecule has 0 aromatic rings. The number of likely N-dealkylation sites (N-methyl/N-ethyl adjacent to an activating group) is 1. The molecule has 0 spiro atoms. The van der Waals surface area contributed by atoms with Crippen molar-refractivity contribution in [2.75, 3.05) is 32.8 Å². The van der Waals surface area contributed by atoms with E-state index in [0.717, 1.165) is 32.7 Å². The molecule has 4 nitrogen and oxygen atoms in total. The number of rotatable bonds is 6. The fourth-order valence-corrected chi connectivity index (χ4v) is 3.32. The molecule has 106 valence electrons. The number of nitrogens with zero attached hydrogens (tertiary/aromatic N) is 1. The number of aliphatic hydroxyl groups is 1. The molecule has 0 aromatic heterocycles. The van der Waals surface area contributed by atoms with Crippen molar-refractivity contribution in [3.63, 3.8) is 0 Å². The lowest BCUT2D eigenvalue weighted by atomic mass is 9.97. The highest BCUT2D eigenvalue weighted by atomic mass is 16.5. The lowest BCUT2D eigenvalue weighted by Gasteiger charge is -2.39. The Morgan fingerprint density at radius 1 is 1.44 bits per heavy atom. The average Bonchev–Trinajstić information content (AvgIpc) is 2.85. The van der Waals surface area contributed by atoms with Crippen molar-refractivity contribution in [3.8, 4) is 0 Å². The smallest absolute Gasteiger partial charge is 0.0730 e. The Morgan fingerprint density at radius 3 is 3.00 bits per heavy atom. The van der Waals surface area contributed by atoms with E-state index in [1.54, 1.807) is 0 Å². The first-order valence-corrected chi connectivity index (χ1v) is 7.40. The summed E-state index contributed by atoms with van der Waals surface area (Å²) in [5.74, 6) is 0. The van der Waals surface area contributed by atoms with Crippen LogP contribution in [0.1, 0.15) is 39.5 Å². The molecule has 2 aliphatic rings. The van der Waals surface area contributed by atoms with E-state index in [2.05, 4.69) is 24.1 Å². The second-order valence-electron chi connectivity index (χ2n) is 5.94. The zero-order valence-electron chi connectivity index (χ0n) is 11.8. The molecule has 1 aliphatic heterocycles. The standard InChI is InChI=1S/C14H28N2O2/c1-3-15-14(2,11-17)7-8-16-9-10-18-13-6-4-5-12(13)16/h12-13,15,17H,3-11H2,1-2H3. The molecule has 1 saturated carbocycles. The van der Waals surface area contributed by atoms with Crippen molar-refractivity contribution in [3.05, 3.63) is 0 Å². The van der Waals surface area contributed by atoms with Gasteiger partial charge in [-0.15, -0.1) is 0 Å². The molecular formula is C14H28N2O2. The molecule has 0 amide bonds. The van der Waals surface area contributed by atoms with Gasteiger partial charge in [0, 0.05) is 24.7 Å². The summed E-state index contributed by atoms with van der Waals surface area (Å²) in [6.07, 6.45) is 5.28. The number of nitrogens with one attached hydrogen (secondary N) is 1. The molecule has 1 saturated heterocycles. The largest absolute Gasteiger partial charge is 0.394 e. The zero-order chi connectivity index (χ0) is 13.0. The van der Waals surface area contributed by atoms with Gasteiger partial charge < -0.3 is 15.2 Å². The summed E-state index contributed by atoms with van der Waals surface area (Å²) in [7, 11) is 0. The van der Waals surface area contributed by atoms with Gasteiger partial charge in [-0.25, -0.2) is 0 Å². The van der Waals surface area contributed by atoms with E-state index in [-0.39, 0.29) is 12.1 Å². The second-order valence-corrected chi connectivity index (χ2v) is 5.94. The Labute approximate surface area is 111 Å². The summed E-state index contributed by atoms with van der Waals surface area (Å²) in [5.41, 5.74) is -0.138. The highest BCUT2D eigenvalue weighted by molar-refractivity contribution is 4.91. The number of fused-ring (bicyclic) bond motifs is 1. The van der Waals surface area contributed by atoms with Gasteiger partial charge in [-0.2, -0.15) is 0 Å². The average molecular weight is 256 g/mol. The monoisotopic (exact) mass is 256 g/mol. The van der Waals surface area contributed by atoms with Crippen LogP contribution in [0.25, 0.3) is 0 Å². The molecule has 1 aliphatic carbocycles. The lowest BCUT2D eigenvalue weighted by molar-refractivity contribution is -0.0583. The van der Waals surface area contributed by atoms with Gasteiger partial charge >= 0.3 is 0 Å². The van der Waals surface area contributed by atoms with Crippen LogP contribution in [0.3, 0.4) is 0 Å². The first-order chi connectivity index (χ1) is 8.68. The Balaban J connectivity index is 1.84. The van der Waals surface area contributed by atoms with Crippen LogP contribution in [-0.4, -0.2) is 60.5 Å². The molecule has 4 heteroatoms. The minimum absolute atomic E-state index is 0.138. The molecule has 0 radical (unpaired) electrons. The number of hydrogen-bond donors (Lipinski definition) is 2. The van der Waals surface area contributed by atoms with Crippen LogP contribution in [0.2, 0.25) is 0 Å². The third kappa shape index (κ3) is 3.23. The first-order valence-electron chi connectivity index (χ1n) is 7.40. The molecule has 2 rings (SSSR count). The van der Waals surface area contributed by atoms with Gasteiger partial charge in [0.05, 0.1) is 19.3 Å². The molecule has 0 bridgehead atoms. The van der Waals surface area contributed by atoms with Crippen LogP contribution in [-0.2, 0) is 4.74 Å². The van der Waals surface area contributed by atoms with Gasteiger partial charge in [0.1, 0.15) is 0 Å². The van der Waals surface area contributed by atoms with Gasteiger partial charge in [0.25, 0.3) is 0 Å². The summed E-state index contributed by atoms with van der Waals surface area (Å²) >= 11 is 0. The van der Waals surface area contributed by atoms with Crippen molar-refractivity contribution < 1.29 is 9.84 Å². The van der Waals surface area contributed by atoms with Crippen LogP contribution in [0.15, 0.2) is 0 Å². The summed E-state index contributed by atoms with van der Waals surface area (Å²) in [4.78, 5) is 2.58. The van der Waals surface area contributed by atoms with Crippen molar-refractivity contribution in [1.82, 2.24) is 10.2 Å². The molecular weight excluding hydrogens is 228 g/mol. The molecule has 2 fully saturated rings. The molecule has 1 heterocycles. The van der Waals surface area contributed by atoms with Crippen molar-refractivity contribution in [2.45, 2.75) is 57.2 Å². The maximum Gasteiger partial charge on any atom is 0.0730 e. The van der Waals surface area contributed by atoms with E-state index in [4.69, 9.17) is 4.74 Å². The van der Waals surface area contributed by atoms with E-state index in [1.807, 2.05) is 0 Å². The summed E-state index contributed by atoms with van der Waals surface area (Å²) in [6.45, 7) is 8.31. The Morgan fingerprint density at radius 2 is 2.28 bits per heavy atom. The fraction of sp³-hybridized carbons (Fsp3) is 1.00. The highest BCUT2D eigenvalue weighted by Crippen LogP contribution is 2.30. The second kappa shape index (κ2) is 6.33. The zero-order valence-corrected chi connectivity index (χ0v) is 11.8. The number of ether oxygens (including phenoxy) is 1. The highest BCUT2D eigenvalue weighted by Gasteiger charge is 2.36. The van der Waals surface area contributed by atoms with E-state index in [0.29, 0.717) is 12.1 Å². The van der Waals surface area contributed by atoms with Gasteiger partial charge in [-0.1, -0.05) is 6.92 Å². The molecule has 3 unspecified atom stereocenters. The molecule has 0 aromatic carbocycles. The Hall–Kier alpha value is -0.160. The molecule has 2 N–H and O–H groups in total. The predicted molar refractivity (Wildman–Crippen MR) is 72.7 cm³/mol. The SMILES string of the molecule is CCNC(C)(CO)CCN1CCOC2CCCC21. The lowest BCUT2D eigenvalue weighted by Crippen LogP contribution is -2.52. The van der Waals surface area contributed by atoms with Crippen LogP contribution >= 0.6 is 0 Å². The van der Waals surface area contributed by atoms with Gasteiger partial charge in [0.15, 0.2) is 0 Å². The van der Waals surface area contributed by atoms with E-state index >= 15 is 0 Å². The van der Waals surface area contributed by atoms with Gasteiger partial charge in [-0.05, 0) is 39.2 Å². The van der Waals surface area contributed by atoms with Gasteiger partial charge in [0.2, 0.25) is 0 Å². The number of aliphatic hydroxyl groups excluding tert-OH is 1. The van der Waals surface area contributed by atoms with Crippen molar-refractivity contribution >= 4 is 0 Å². The maximum atomic E-state index is 9.53. The number of hydrogen-bond acceptors (Lipinski definition) is 4.